The maximum atomic E-state index is 12.0. The van der Waals surface area contributed by atoms with Gasteiger partial charge in [0.15, 0.2) is 16.9 Å². The summed E-state index contributed by atoms with van der Waals surface area (Å²) in [6, 6.07) is 0.898. The van der Waals surface area contributed by atoms with Crippen molar-refractivity contribution < 1.29 is 44.0 Å². The predicted molar refractivity (Wildman–Crippen MR) is 78.8 cm³/mol. The summed E-state index contributed by atoms with van der Waals surface area (Å²) in [4.78, 5) is 35.3. The van der Waals surface area contributed by atoms with Crippen LogP contribution in [-0.2, 0) is 4.79 Å². The van der Waals surface area contributed by atoms with Gasteiger partial charge in [-0.05, 0) is 6.07 Å². The second-order valence-corrected chi connectivity index (χ2v) is 5.23. The number of hydrogen-bond donors (Lipinski definition) is 5. The molecule has 1 aliphatic carbocycles. The Bertz CT molecular complexity index is 1240. The van der Waals surface area contributed by atoms with Crippen LogP contribution in [0.4, 0.5) is 0 Å². The van der Waals surface area contributed by atoms with Crippen molar-refractivity contribution in [3.8, 4) is 17.4 Å². The zero-order chi connectivity index (χ0) is 18.2. The molecule has 0 amide bonds. The van der Waals surface area contributed by atoms with Crippen molar-refractivity contribution in [1.82, 2.24) is 0 Å². The van der Waals surface area contributed by atoms with Crippen molar-refractivity contribution in [2.24, 2.45) is 0 Å². The van der Waals surface area contributed by atoms with Crippen molar-refractivity contribution >= 4 is 39.3 Å². The van der Waals surface area contributed by atoms with Gasteiger partial charge in [-0.3, -0.25) is 4.79 Å². The number of fused-ring (bicyclic) bond motifs is 6. The van der Waals surface area contributed by atoms with Gasteiger partial charge in [-0.2, -0.15) is 0 Å². The number of Topliss-reactive ketones (excluding diaryl/α,β-unsaturated/α-hetero) is 1. The Kier molecular flexibility index (Phi) is 2.53. The number of phenolic OH excluding ortho intramolecular Hbond substituents is 2. The molecule has 0 unspecified atom stereocenters. The fourth-order valence-corrected chi connectivity index (χ4v) is 2.80. The van der Waals surface area contributed by atoms with Gasteiger partial charge in [0, 0.05) is 10.9 Å². The number of benzene rings is 1. The molecule has 1 aliphatic rings. The van der Waals surface area contributed by atoms with Gasteiger partial charge in [-0.15, -0.1) is 0 Å². The topological polar surface area (TPSA) is 179 Å². The lowest BCUT2D eigenvalue weighted by atomic mass is 9.91. The SMILES string of the molecule is O=C(O)C1=C(O)C(=O)c2cc1c1c(oc2O)c(O)c(O)c2oc(=O)c21. The molecule has 0 fully saturated rings. The maximum Gasteiger partial charge on any atom is 0.348 e. The van der Waals surface area contributed by atoms with Crippen molar-refractivity contribution in [2.75, 3.05) is 0 Å². The molecule has 0 saturated heterocycles. The summed E-state index contributed by atoms with van der Waals surface area (Å²) in [5.41, 5.74) is -3.87. The largest absolute Gasteiger partial charge is 0.503 e. The minimum atomic E-state index is -1.70. The van der Waals surface area contributed by atoms with Crippen LogP contribution >= 0.6 is 0 Å². The van der Waals surface area contributed by atoms with Gasteiger partial charge in [-0.1, -0.05) is 0 Å². The minimum absolute atomic E-state index is 0.327. The molecule has 126 valence electrons. The van der Waals surface area contributed by atoms with Crippen molar-refractivity contribution in [3.05, 3.63) is 33.4 Å². The molecule has 1 aromatic carbocycles. The summed E-state index contributed by atoms with van der Waals surface area (Å²) in [5.74, 6) is -6.97. The number of aliphatic hydroxyl groups excluding tert-OH is 1. The highest BCUT2D eigenvalue weighted by Gasteiger charge is 2.35. The lowest BCUT2D eigenvalue weighted by molar-refractivity contribution is -0.130. The molecular weight excluding hydrogens is 340 g/mol. The van der Waals surface area contributed by atoms with E-state index in [1.807, 2.05) is 0 Å². The maximum absolute atomic E-state index is 12.0. The number of rotatable bonds is 1. The van der Waals surface area contributed by atoms with Crippen molar-refractivity contribution in [2.45, 2.75) is 0 Å². The van der Waals surface area contributed by atoms with Crippen LogP contribution in [0.2, 0.25) is 0 Å². The fraction of sp³-hybridized carbons (Fsp3) is 0. The van der Waals surface area contributed by atoms with Gasteiger partial charge in [0.1, 0.15) is 16.5 Å². The van der Waals surface area contributed by atoms with E-state index in [1.54, 1.807) is 0 Å². The average molecular weight is 346 g/mol. The van der Waals surface area contributed by atoms with Gasteiger partial charge in [0.25, 0.3) is 5.95 Å². The molecule has 2 bridgehead atoms. The number of aliphatic carboxylic acids is 1. The Morgan fingerprint density at radius 1 is 0.880 bits per heavy atom. The summed E-state index contributed by atoms with van der Waals surface area (Å²) in [6.45, 7) is 0. The molecule has 2 aromatic heterocycles. The number of carbonyl (C=O) groups excluding carboxylic acids is 1. The van der Waals surface area contributed by atoms with Crippen LogP contribution in [0.1, 0.15) is 15.9 Å². The molecule has 3 aromatic rings. The van der Waals surface area contributed by atoms with Crippen LogP contribution in [0.3, 0.4) is 0 Å². The standard InChI is InChI=1S/C15H6O10/c16-7-3-1-2(5(8(7)17)13(20)21)4-6-12(25-15(6)23)10(19)9(18)11(4)24-14(3)22/h1,17-19,22H,(H,20,21). The highest BCUT2D eigenvalue weighted by molar-refractivity contribution is 6.31. The number of ketones is 1. The Morgan fingerprint density at radius 3 is 2.04 bits per heavy atom. The summed E-state index contributed by atoms with van der Waals surface area (Å²) >= 11 is 0. The fourth-order valence-electron chi connectivity index (χ4n) is 2.80. The molecule has 0 radical (unpaired) electrons. The Balaban J connectivity index is 2.40. The zero-order valence-electron chi connectivity index (χ0n) is 11.9. The second kappa shape index (κ2) is 4.32. The first-order chi connectivity index (χ1) is 11.7. The number of carboxylic acids is 1. The monoisotopic (exact) mass is 346 g/mol. The van der Waals surface area contributed by atoms with E-state index in [0.717, 1.165) is 6.07 Å². The average Bonchev–Trinajstić information content (AvgIpc) is 2.66. The Morgan fingerprint density at radius 2 is 1.48 bits per heavy atom. The quantitative estimate of drug-likeness (QED) is 0.402. The summed E-state index contributed by atoms with van der Waals surface area (Å²) in [6.07, 6.45) is 0. The van der Waals surface area contributed by atoms with E-state index in [4.69, 9.17) is 4.42 Å². The summed E-state index contributed by atoms with van der Waals surface area (Å²) in [5, 5.41) is 48.4. The molecule has 5 N–H and O–H groups in total. The third-order valence-corrected chi connectivity index (χ3v) is 3.92. The number of carboxylic acid groups (broad SMARTS) is 1. The molecule has 0 aliphatic heterocycles. The van der Waals surface area contributed by atoms with E-state index in [9.17, 15) is 39.9 Å². The van der Waals surface area contributed by atoms with Gasteiger partial charge in [0.05, 0.1) is 0 Å². The molecule has 0 saturated carbocycles. The highest BCUT2D eigenvalue weighted by Crippen LogP contribution is 2.47. The smallest absolute Gasteiger partial charge is 0.348 e. The van der Waals surface area contributed by atoms with E-state index < -0.39 is 62.9 Å². The number of allylic oxidation sites excluding steroid dienone is 1. The molecular formula is C15H6O10. The van der Waals surface area contributed by atoms with Crippen LogP contribution in [0.15, 0.2) is 25.5 Å². The molecule has 0 atom stereocenters. The first kappa shape index (κ1) is 14.6. The zero-order valence-corrected chi connectivity index (χ0v) is 11.9. The van der Waals surface area contributed by atoms with Gasteiger partial charge in [-0.25, -0.2) is 9.59 Å². The van der Waals surface area contributed by atoms with Crippen molar-refractivity contribution in [3.63, 3.8) is 0 Å². The first-order valence-corrected chi connectivity index (χ1v) is 6.62. The third kappa shape index (κ3) is 1.59. The number of aromatic hydroxyl groups is 3. The molecule has 0 spiro atoms. The van der Waals surface area contributed by atoms with Gasteiger partial charge >= 0.3 is 11.6 Å². The third-order valence-electron chi connectivity index (χ3n) is 3.92. The normalized spacial score (nSPS) is 13.8. The van der Waals surface area contributed by atoms with E-state index in [1.165, 1.54) is 0 Å². The number of phenols is 2. The van der Waals surface area contributed by atoms with Crippen molar-refractivity contribution in [1.29, 1.82) is 0 Å². The molecule has 4 rings (SSSR count). The second-order valence-electron chi connectivity index (χ2n) is 5.23. The first-order valence-electron chi connectivity index (χ1n) is 6.62. The van der Waals surface area contributed by atoms with Gasteiger partial charge in [0.2, 0.25) is 17.3 Å². The van der Waals surface area contributed by atoms with Crippen LogP contribution in [0.25, 0.3) is 27.5 Å². The molecule has 2 heterocycles. The Hall–Kier alpha value is -3.95. The summed E-state index contributed by atoms with van der Waals surface area (Å²) < 4.78 is 9.57. The lowest BCUT2D eigenvalue weighted by Gasteiger charge is -2.13. The van der Waals surface area contributed by atoms with Crippen LogP contribution in [-0.4, -0.2) is 37.3 Å². The van der Waals surface area contributed by atoms with E-state index in [0.29, 0.717) is 0 Å². The molecule has 10 nitrogen and oxygen atoms in total. The number of aliphatic hydroxyl groups is 1. The lowest BCUT2D eigenvalue weighted by Crippen LogP contribution is -2.16. The van der Waals surface area contributed by atoms with Crippen LogP contribution in [0, 0.1) is 0 Å². The summed E-state index contributed by atoms with van der Waals surface area (Å²) in [7, 11) is 0. The van der Waals surface area contributed by atoms with Crippen LogP contribution < -0.4 is 5.63 Å². The number of carbonyl (C=O) groups is 2. The van der Waals surface area contributed by atoms with Crippen LogP contribution in [0.5, 0.6) is 17.4 Å². The predicted octanol–water partition coefficient (Wildman–Crippen LogP) is 1.21. The minimum Gasteiger partial charge on any atom is -0.503 e. The highest BCUT2D eigenvalue weighted by atomic mass is 16.5. The van der Waals surface area contributed by atoms with E-state index in [2.05, 4.69) is 4.42 Å². The van der Waals surface area contributed by atoms with E-state index >= 15 is 0 Å². The van der Waals surface area contributed by atoms with Gasteiger partial charge < -0.3 is 34.4 Å². The molecule has 25 heavy (non-hydrogen) atoms. The number of hydrogen-bond acceptors (Lipinski definition) is 9. The molecule has 10 heteroatoms. The Labute approximate surface area is 135 Å². The van der Waals surface area contributed by atoms with E-state index in [-0.39, 0.29) is 16.3 Å².